The molecule has 3 rings (SSSR count). The van der Waals surface area contributed by atoms with Crippen LogP contribution >= 0.6 is 11.6 Å². The third kappa shape index (κ3) is 3.31. The Labute approximate surface area is 146 Å². The molecule has 120 valence electrons. The molecule has 0 aliphatic rings. The van der Waals surface area contributed by atoms with Crippen molar-refractivity contribution in [2.24, 2.45) is 0 Å². The number of fused-ring (bicyclic) bond motifs is 1. The monoisotopic (exact) mass is 336 g/mol. The van der Waals surface area contributed by atoms with Crippen molar-refractivity contribution in [3.8, 4) is 0 Å². The molecule has 1 aromatic heterocycles. The summed E-state index contributed by atoms with van der Waals surface area (Å²) in [6.07, 6.45) is 4.90. The minimum Gasteiger partial charge on any atom is -0.322 e. The number of nitrogens with zero attached hydrogens (tertiary/aromatic N) is 1. The summed E-state index contributed by atoms with van der Waals surface area (Å²) >= 11 is 6.09. The average Bonchev–Trinajstić information content (AvgIpc) is 2.58. The van der Waals surface area contributed by atoms with Crippen LogP contribution in [0, 0.1) is 13.8 Å². The Balaban J connectivity index is 1.86. The molecule has 24 heavy (non-hydrogen) atoms. The lowest BCUT2D eigenvalue weighted by Crippen LogP contribution is -2.08. The molecular weight excluding hydrogens is 320 g/mol. The van der Waals surface area contributed by atoms with Gasteiger partial charge in [0.15, 0.2) is 0 Å². The predicted molar refractivity (Wildman–Crippen MR) is 100 cm³/mol. The molecule has 1 heterocycles. The summed E-state index contributed by atoms with van der Waals surface area (Å²) < 4.78 is 0. The van der Waals surface area contributed by atoms with E-state index in [4.69, 9.17) is 11.6 Å². The van der Waals surface area contributed by atoms with E-state index in [1.54, 1.807) is 24.4 Å². The van der Waals surface area contributed by atoms with Crippen molar-refractivity contribution in [3.63, 3.8) is 0 Å². The Morgan fingerprint density at radius 2 is 1.92 bits per heavy atom. The minimum absolute atomic E-state index is 0.208. The molecular formula is C20H17ClN2O. The molecule has 0 aliphatic heterocycles. The maximum absolute atomic E-state index is 12.2. The molecule has 0 fully saturated rings. The number of hydrogen-bond acceptors (Lipinski definition) is 2. The summed E-state index contributed by atoms with van der Waals surface area (Å²) in [5, 5.41) is 4.46. The van der Waals surface area contributed by atoms with Gasteiger partial charge in [-0.25, -0.2) is 0 Å². The number of nitrogens with one attached hydrogen (secondary N) is 1. The van der Waals surface area contributed by atoms with Crippen LogP contribution < -0.4 is 5.32 Å². The smallest absolute Gasteiger partial charge is 0.248 e. The molecule has 0 unspecified atom stereocenters. The lowest BCUT2D eigenvalue weighted by molar-refractivity contribution is -0.111. The third-order valence-corrected chi connectivity index (χ3v) is 4.36. The molecule has 0 aliphatic carbocycles. The number of hydrogen-bond donors (Lipinski definition) is 1. The van der Waals surface area contributed by atoms with Gasteiger partial charge in [-0.1, -0.05) is 41.9 Å². The van der Waals surface area contributed by atoms with Crippen molar-refractivity contribution >= 4 is 40.2 Å². The van der Waals surface area contributed by atoms with Crippen LogP contribution in [0.2, 0.25) is 5.02 Å². The van der Waals surface area contributed by atoms with E-state index >= 15 is 0 Å². The molecule has 0 saturated carbocycles. The Kier molecular flexibility index (Phi) is 4.63. The van der Waals surface area contributed by atoms with Crippen LogP contribution in [0.15, 0.2) is 54.7 Å². The van der Waals surface area contributed by atoms with Gasteiger partial charge < -0.3 is 5.32 Å². The second kappa shape index (κ2) is 6.85. The van der Waals surface area contributed by atoms with Gasteiger partial charge in [-0.05, 0) is 48.7 Å². The number of aromatic nitrogens is 1. The predicted octanol–water partition coefficient (Wildman–Crippen LogP) is 5.16. The maximum atomic E-state index is 12.2. The first kappa shape index (κ1) is 16.2. The van der Waals surface area contributed by atoms with Gasteiger partial charge in [-0.15, -0.1) is 0 Å². The van der Waals surface area contributed by atoms with Crippen LogP contribution in [0.25, 0.3) is 17.0 Å². The quantitative estimate of drug-likeness (QED) is 0.671. The number of carbonyl (C=O) groups excluding carboxylic acids is 1. The fourth-order valence-electron chi connectivity index (χ4n) is 2.52. The normalized spacial score (nSPS) is 11.1. The second-order valence-corrected chi connectivity index (χ2v) is 6.01. The van der Waals surface area contributed by atoms with E-state index in [1.807, 2.05) is 44.2 Å². The molecule has 4 heteroatoms. The van der Waals surface area contributed by atoms with Gasteiger partial charge >= 0.3 is 0 Å². The van der Waals surface area contributed by atoms with Gasteiger partial charge in [0.05, 0.1) is 11.2 Å². The van der Waals surface area contributed by atoms with E-state index in [0.717, 1.165) is 27.7 Å². The maximum Gasteiger partial charge on any atom is 0.248 e. The van der Waals surface area contributed by atoms with Crippen LogP contribution in [0.3, 0.4) is 0 Å². The molecule has 3 nitrogen and oxygen atoms in total. The number of carbonyl (C=O) groups is 1. The molecule has 0 saturated heterocycles. The number of rotatable bonds is 3. The van der Waals surface area contributed by atoms with Crippen LogP contribution in [-0.2, 0) is 4.79 Å². The van der Waals surface area contributed by atoms with Crippen LogP contribution in [0.1, 0.15) is 16.7 Å². The zero-order valence-electron chi connectivity index (χ0n) is 13.5. The van der Waals surface area contributed by atoms with Crippen molar-refractivity contribution in [2.75, 3.05) is 5.32 Å². The average molecular weight is 337 g/mol. The fourth-order valence-corrected chi connectivity index (χ4v) is 2.72. The van der Waals surface area contributed by atoms with E-state index in [-0.39, 0.29) is 5.91 Å². The number of anilines is 1. The van der Waals surface area contributed by atoms with Crippen molar-refractivity contribution in [1.29, 1.82) is 0 Å². The highest BCUT2D eigenvalue weighted by Gasteiger charge is 2.07. The largest absolute Gasteiger partial charge is 0.322 e. The summed E-state index contributed by atoms with van der Waals surface area (Å²) in [7, 11) is 0. The topological polar surface area (TPSA) is 42.0 Å². The van der Waals surface area contributed by atoms with Crippen LogP contribution in [0.5, 0.6) is 0 Å². The first-order valence-corrected chi connectivity index (χ1v) is 8.02. The van der Waals surface area contributed by atoms with E-state index in [1.165, 1.54) is 11.6 Å². The number of halogens is 1. The van der Waals surface area contributed by atoms with Crippen LogP contribution in [0.4, 0.5) is 5.69 Å². The molecule has 0 radical (unpaired) electrons. The Bertz CT molecular complexity index is 948. The van der Waals surface area contributed by atoms with Crippen molar-refractivity contribution in [1.82, 2.24) is 4.98 Å². The van der Waals surface area contributed by atoms with Gasteiger partial charge in [0.1, 0.15) is 0 Å². The first-order valence-electron chi connectivity index (χ1n) is 7.65. The zero-order chi connectivity index (χ0) is 17.1. The minimum atomic E-state index is -0.208. The first-order chi connectivity index (χ1) is 11.6. The summed E-state index contributed by atoms with van der Waals surface area (Å²) in [6, 6.07) is 13.2. The summed E-state index contributed by atoms with van der Waals surface area (Å²) in [5.74, 6) is -0.208. The summed E-state index contributed by atoms with van der Waals surface area (Å²) in [6.45, 7) is 4.08. The lowest BCUT2D eigenvalue weighted by atomic mass is 10.0. The molecule has 1 N–H and O–H groups in total. The second-order valence-electron chi connectivity index (χ2n) is 5.61. The molecule has 0 bridgehead atoms. The third-order valence-electron chi connectivity index (χ3n) is 4.01. The molecule has 1 amide bonds. The molecule has 0 atom stereocenters. The van der Waals surface area contributed by atoms with Crippen LogP contribution in [-0.4, -0.2) is 10.9 Å². The summed E-state index contributed by atoms with van der Waals surface area (Å²) in [4.78, 5) is 16.7. The molecule has 2 aromatic carbocycles. The molecule has 3 aromatic rings. The highest BCUT2D eigenvalue weighted by molar-refractivity contribution is 6.32. The Morgan fingerprint density at radius 1 is 1.12 bits per heavy atom. The van der Waals surface area contributed by atoms with Gasteiger partial charge in [0.2, 0.25) is 5.91 Å². The van der Waals surface area contributed by atoms with Gasteiger partial charge in [-0.2, -0.15) is 0 Å². The SMILES string of the molecule is Cc1ccc2c(NC(=O)/C=C/c3ccccc3Cl)ccnc2c1C. The van der Waals surface area contributed by atoms with Gasteiger partial charge in [0.25, 0.3) is 0 Å². The van der Waals surface area contributed by atoms with Crippen molar-refractivity contribution in [3.05, 3.63) is 76.5 Å². The Morgan fingerprint density at radius 3 is 2.71 bits per heavy atom. The van der Waals surface area contributed by atoms with Gasteiger partial charge in [-0.3, -0.25) is 9.78 Å². The lowest BCUT2D eigenvalue weighted by Gasteiger charge is -2.10. The standard InChI is InChI=1S/C20H17ClN2O/c1-13-7-9-16-18(11-12-22-20(16)14(13)2)23-19(24)10-8-15-5-3-4-6-17(15)21/h3-12H,1-2H3,(H,22,23,24)/b10-8+. The Hall–Kier alpha value is -2.65. The number of aryl methyl sites for hydroxylation is 2. The number of amides is 1. The van der Waals surface area contributed by atoms with Crippen molar-refractivity contribution in [2.45, 2.75) is 13.8 Å². The van der Waals surface area contributed by atoms with Gasteiger partial charge in [0, 0.05) is 22.7 Å². The van der Waals surface area contributed by atoms with E-state index in [2.05, 4.69) is 10.3 Å². The summed E-state index contributed by atoms with van der Waals surface area (Å²) in [5.41, 5.74) is 4.76. The highest BCUT2D eigenvalue weighted by atomic mass is 35.5. The van der Waals surface area contributed by atoms with Crippen molar-refractivity contribution < 1.29 is 4.79 Å². The number of benzene rings is 2. The van der Waals surface area contributed by atoms with E-state index < -0.39 is 0 Å². The molecule has 0 spiro atoms. The highest BCUT2D eigenvalue weighted by Crippen LogP contribution is 2.26. The van der Waals surface area contributed by atoms with E-state index in [0.29, 0.717) is 5.02 Å². The zero-order valence-corrected chi connectivity index (χ0v) is 14.3. The fraction of sp³-hybridized carbons (Fsp3) is 0.100. The van der Waals surface area contributed by atoms with E-state index in [9.17, 15) is 4.79 Å². The number of pyridine rings is 1.